The van der Waals surface area contributed by atoms with E-state index >= 15 is 0 Å². The molecule has 0 aliphatic heterocycles. The maximum atomic E-state index is 5.56. The summed E-state index contributed by atoms with van der Waals surface area (Å²) in [6, 6.07) is 18.6. The molecule has 0 aliphatic carbocycles. The summed E-state index contributed by atoms with van der Waals surface area (Å²) in [5.41, 5.74) is 3.70. The van der Waals surface area contributed by atoms with E-state index in [4.69, 9.17) is 17.3 Å². The number of nitrogens with zero attached hydrogens (tertiary/aromatic N) is 4. The van der Waals surface area contributed by atoms with Crippen molar-refractivity contribution in [3.63, 3.8) is 0 Å². The molecular formula is C19H22N4S. The minimum Gasteiger partial charge on any atom is -0.303 e. The molecule has 0 saturated heterocycles. The van der Waals surface area contributed by atoms with Gasteiger partial charge in [-0.15, -0.1) is 0 Å². The zero-order chi connectivity index (χ0) is 17.1. The summed E-state index contributed by atoms with van der Waals surface area (Å²) in [6.07, 6.45) is 0. The molecule has 0 atom stereocenters. The lowest BCUT2D eigenvalue weighted by Gasteiger charge is -2.17. The third-order valence-electron chi connectivity index (χ3n) is 4.15. The number of rotatable bonds is 5. The smallest absolute Gasteiger partial charge is 0.199 e. The van der Waals surface area contributed by atoms with Gasteiger partial charge in [-0.2, -0.15) is 5.10 Å². The highest BCUT2D eigenvalue weighted by molar-refractivity contribution is 7.71. The van der Waals surface area contributed by atoms with Gasteiger partial charge in [0.25, 0.3) is 0 Å². The minimum atomic E-state index is 0.661. The van der Waals surface area contributed by atoms with E-state index in [9.17, 15) is 0 Å². The SMILES string of the molecule is Cc1ccccc1CN(C)Cn1nc(-c2ccccc2)n(C)c1=S. The Labute approximate surface area is 148 Å². The highest BCUT2D eigenvalue weighted by Crippen LogP contribution is 2.17. The fourth-order valence-corrected chi connectivity index (χ4v) is 2.96. The van der Waals surface area contributed by atoms with Crippen molar-refractivity contribution in [3.05, 3.63) is 70.5 Å². The average Bonchev–Trinajstić information content (AvgIpc) is 2.86. The lowest BCUT2D eigenvalue weighted by Crippen LogP contribution is -2.23. The van der Waals surface area contributed by atoms with Crippen LogP contribution in [0.25, 0.3) is 11.4 Å². The quantitative estimate of drug-likeness (QED) is 0.657. The third-order valence-corrected chi connectivity index (χ3v) is 4.63. The van der Waals surface area contributed by atoms with Gasteiger partial charge in [0.15, 0.2) is 10.6 Å². The first-order valence-corrected chi connectivity index (χ1v) is 8.39. The van der Waals surface area contributed by atoms with E-state index in [0.717, 1.165) is 22.7 Å². The molecule has 0 radical (unpaired) electrons. The van der Waals surface area contributed by atoms with Crippen LogP contribution in [0.5, 0.6) is 0 Å². The highest BCUT2D eigenvalue weighted by Gasteiger charge is 2.11. The van der Waals surface area contributed by atoms with Crippen molar-refractivity contribution in [2.24, 2.45) is 7.05 Å². The Bertz CT molecular complexity index is 880. The lowest BCUT2D eigenvalue weighted by molar-refractivity contribution is 0.243. The Morgan fingerprint density at radius 2 is 1.71 bits per heavy atom. The molecule has 1 heterocycles. The predicted octanol–water partition coefficient (Wildman–Crippen LogP) is 4.02. The summed E-state index contributed by atoms with van der Waals surface area (Å²) in [7, 11) is 4.06. The summed E-state index contributed by atoms with van der Waals surface area (Å²) in [4.78, 5) is 2.22. The van der Waals surface area contributed by atoms with Crippen LogP contribution in [0.3, 0.4) is 0 Å². The van der Waals surface area contributed by atoms with Crippen LogP contribution in [0.15, 0.2) is 54.6 Å². The molecule has 0 amide bonds. The summed E-state index contributed by atoms with van der Waals surface area (Å²) in [5, 5.41) is 4.72. The van der Waals surface area contributed by atoms with Crippen molar-refractivity contribution in [3.8, 4) is 11.4 Å². The van der Waals surface area contributed by atoms with Gasteiger partial charge in [0, 0.05) is 19.2 Å². The maximum Gasteiger partial charge on any atom is 0.199 e. The molecular weight excluding hydrogens is 316 g/mol. The van der Waals surface area contributed by atoms with Gasteiger partial charge >= 0.3 is 0 Å². The Morgan fingerprint density at radius 1 is 1.04 bits per heavy atom. The van der Waals surface area contributed by atoms with Gasteiger partial charge in [0.05, 0.1) is 6.67 Å². The predicted molar refractivity (Wildman–Crippen MR) is 100 cm³/mol. The van der Waals surface area contributed by atoms with Gasteiger partial charge < -0.3 is 4.57 Å². The van der Waals surface area contributed by atoms with E-state index in [1.807, 2.05) is 34.5 Å². The summed E-state index contributed by atoms with van der Waals surface area (Å²) in [6.45, 7) is 3.67. The van der Waals surface area contributed by atoms with E-state index in [0.29, 0.717) is 6.67 Å². The van der Waals surface area contributed by atoms with Crippen LogP contribution in [0.1, 0.15) is 11.1 Å². The first-order valence-electron chi connectivity index (χ1n) is 7.98. The monoisotopic (exact) mass is 338 g/mol. The van der Waals surface area contributed by atoms with Crippen LogP contribution < -0.4 is 0 Å². The topological polar surface area (TPSA) is 26.0 Å². The van der Waals surface area contributed by atoms with Crippen LogP contribution in [0, 0.1) is 11.7 Å². The van der Waals surface area contributed by atoms with Crippen molar-refractivity contribution in [2.45, 2.75) is 20.1 Å². The second kappa shape index (κ2) is 7.11. The van der Waals surface area contributed by atoms with E-state index in [1.54, 1.807) is 0 Å². The standard InChI is InChI=1S/C19H22N4S/c1-15-9-7-8-12-17(15)13-21(2)14-23-19(24)22(3)18(20-23)16-10-5-4-6-11-16/h4-12H,13-14H2,1-3H3. The second-order valence-electron chi connectivity index (χ2n) is 6.11. The number of aromatic nitrogens is 3. The fraction of sp³-hybridized carbons (Fsp3) is 0.263. The molecule has 3 aromatic rings. The first-order chi connectivity index (χ1) is 11.6. The van der Waals surface area contributed by atoms with Gasteiger partial charge in [-0.1, -0.05) is 54.6 Å². The Balaban J connectivity index is 1.81. The number of hydrogen-bond donors (Lipinski definition) is 0. The van der Waals surface area contributed by atoms with Crippen molar-refractivity contribution in [1.82, 2.24) is 19.2 Å². The van der Waals surface area contributed by atoms with Gasteiger partial charge in [0.1, 0.15) is 0 Å². The molecule has 0 spiro atoms. The van der Waals surface area contributed by atoms with Gasteiger partial charge in [-0.3, -0.25) is 4.90 Å². The van der Waals surface area contributed by atoms with Crippen LogP contribution in [-0.2, 0) is 20.3 Å². The van der Waals surface area contributed by atoms with Crippen LogP contribution in [0.4, 0.5) is 0 Å². The molecule has 0 N–H and O–H groups in total. The molecule has 0 fully saturated rings. The molecule has 5 heteroatoms. The van der Waals surface area contributed by atoms with Crippen molar-refractivity contribution in [2.75, 3.05) is 7.05 Å². The molecule has 0 saturated carbocycles. The van der Waals surface area contributed by atoms with Gasteiger partial charge in [0.2, 0.25) is 0 Å². The zero-order valence-corrected chi connectivity index (χ0v) is 15.1. The van der Waals surface area contributed by atoms with E-state index < -0.39 is 0 Å². The first kappa shape index (κ1) is 16.6. The third kappa shape index (κ3) is 3.47. The number of benzene rings is 2. The second-order valence-corrected chi connectivity index (χ2v) is 6.48. The zero-order valence-electron chi connectivity index (χ0n) is 14.3. The largest absolute Gasteiger partial charge is 0.303 e. The molecule has 124 valence electrons. The lowest BCUT2D eigenvalue weighted by atomic mass is 10.1. The van der Waals surface area contributed by atoms with Gasteiger partial charge in [-0.25, -0.2) is 4.68 Å². The molecule has 0 aliphatic rings. The molecule has 2 aromatic carbocycles. The molecule has 24 heavy (non-hydrogen) atoms. The number of aryl methyl sites for hydroxylation is 1. The van der Waals surface area contributed by atoms with Crippen LogP contribution in [-0.4, -0.2) is 26.3 Å². The normalized spacial score (nSPS) is 11.2. The molecule has 3 rings (SSSR count). The van der Waals surface area contributed by atoms with E-state index in [1.165, 1.54) is 11.1 Å². The van der Waals surface area contributed by atoms with E-state index in [-0.39, 0.29) is 0 Å². The van der Waals surface area contributed by atoms with Crippen LogP contribution >= 0.6 is 12.2 Å². The minimum absolute atomic E-state index is 0.661. The molecule has 4 nitrogen and oxygen atoms in total. The summed E-state index contributed by atoms with van der Waals surface area (Å²) >= 11 is 5.56. The van der Waals surface area contributed by atoms with Crippen LogP contribution in [0.2, 0.25) is 0 Å². The Hall–Kier alpha value is -2.24. The average molecular weight is 338 g/mol. The fourth-order valence-electron chi connectivity index (χ4n) is 2.78. The Kier molecular flexibility index (Phi) is 4.92. The van der Waals surface area contributed by atoms with E-state index in [2.05, 4.69) is 55.3 Å². The summed E-state index contributed by atoms with van der Waals surface area (Å²) < 4.78 is 4.58. The van der Waals surface area contributed by atoms with Crippen molar-refractivity contribution < 1.29 is 0 Å². The highest BCUT2D eigenvalue weighted by atomic mass is 32.1. The number of hydrogen-bond acceptors (Lipinski definition) is 3. The maximum absolute atomic E-state index is 5.56. The molecule has 0 bridgehead atoms. The van der Waals surface area contributed by atoms with Gasteiger partial charge in [-0.05, 0) is 37.3 Å². The Morgan fingerprint density at radius 3 is 2.42 bits per heavy atom. The summed E-state index contributed by atoms with van der Waals surface area (Å²) in [5.74, 6) is 0.893. The molecule has 0 unspecified atom stereocenters. The molecule has 1 aromatic heterocycles. The van der Waals surface area contributed by atoms with Crippen molar-refractivity contribution >= 4 is 12.2 Å². The van der Waals surface area contributed by atoms with Crippen molar-refractivity contribution in [1.29, 1.82) is 0 Å².